The number of rotatable bonds is 5. The third-order valence-corrected chi connectivity index (χ3v) is 2.94. The zero-order chi connectivity index (χ0) is 14.7. The maximum Gasteiger partial charge on any atom is 0.308 e. The van der Waals surface area contributed by atoms with Crippen molar-refractivity contribution in [2.24, 2.45) is 5.92 Å². The molecule has 1 atom stereocenters. The molecule has 1 N–H and O–H groups in total. The predicted octanol–water partition coefficient (Wildman–Crippen LogP) is 1.90. The van der Waals surface area contributed by atoms with Crippen molar-refractivity contribution in [1.82, 2.24) is 10.1 Å². The molecule has 6 nitrogen and oxygen atoms in total. The average Bonchev–Trinajstić information content (AvgIpc) is 2.69. The average molecular weight is 268 g/mol. The van der Waals surface area contributed by atoms with Gasteiger partial charge in [-0.2, -0.15) is 0 Å². The molecule has 1 heterocycles. The van der Waals surface area contributed by atoms with E-state index in [2.05, 4.69) is 5.16 Å². The number of hydrogen-bond donors (Lipinski definition) is 1. The second-order valence-electron chi connectivity index (χ2n) is 5.09. The Hall–Kier alpha value is -1.85. The third-order valence-electron chi connectivity index (χ3n) is 2.94. The number of aryl methyl sites for hydroxylation is 1. The summed E-state index contributed by atoms with van der Waals surface area (Å²) in [5, 5.41) is 12.7. The highest BCUT2D eigenvalue weighted by Gasteiger charge is 2.26. The van der Waals surface area contributed by atoms with Crippen LogP contribution < -0.4 is 0 Å². The lowest BCUT2D eigenvalue weighted by molar-refractivity contribution is -0.141. The number of carboxylic acid groups (broad SMARTS) is 1. The van der Waals surface area contributed by atoms with Crippen molar-refractivity contribution in [2.75, 3.05) is 13.6 Å². The van der Waals surface area contributed by atoms with Crippen molar-refractivity contribution in [1.29, 1.82) is 0 Å². The molecule has 19 heavy (non-hydrogen) atoms. The van der Waals surface area contributed by atoms with Gasteiger partial charge in [-0.25, -0.2) is 0 Å². The van der Waals surface area contributed by atoms with E-state index in [9.17, 15) is 9.59 Å². The third kappa shape index (κ3) is 3.33. The van der Waals surface area contributed by atoms with Gasteiger partial charge in [0.05, 0.1) is 11.6 Å². The van der Waals surface area contributed by atoms with Crippen molar-refractivity contribution < 1.29 is 19.2 Å². The maximum atomic E-state index is 12.3. The van der Waals surface area contributed by atoms with Crippen molar-refractivity contribution in [3.8, 4) is 0 Å². The summed E-state index contributed by atoms with van der Waals surface area (Å²) in [6, 6.07) is 0. The summed E-state index contributed by atoms with van der Waals surface area (Å²) >= 11 is 0. The lowest BCUT2D eigenvalue weighted by Crippen LogP contribution is -2.34. The highest BCUT2D eigenvalue weighted by atomic mass is 16.5. The Morgan fingerprint density at radius 2 is 1.95 bits per heavy atom. The van der Waals surface area contributed by atoms with Gasteiger partial charge in [-0.15, -0.1) is 0 Å². The van der Waals surface area contributed by atoms with Gasteiger partial charge in [0.2, 0.25) is 0 Å². The standard InChI is InChI=1S/C13H20N2O4/c1-7(2)11-10(9(4)14-19-11)12(16)15(5)6-8(3)13(17)18/h7-8H,6H2,1-5H3,(H,17,18). The number of aromatic nitrogens is 1. The Labute approximate surface area is 112 Å². The molecule has 0 aromatic carbocycles. The van der Waals surface area contributed by atoms with Gasteiger partial charge in [0.25, 0.3) is 5.91 Å². The molecule has 0 saturated heterocycles. The largest absolute Gasteiger partial charge is 0.481 e. The van der Waals surface area contributed by atoms with E-state index in [0.29, 0.717) is 17.0 Å². The van der Waals surface area contributed by atoms with Crippen LogP contribution in [0.3, 0.4) is 0 Å². The van der Waals surface area contributed by atoms with Gasteiger partial charge >= 0.3 is 5.97 Å². The Kier molecular flexibility index (Phi) is 4.69. The fourth-order valence-electron chi connectivity index (χ4n) is 1.80. The number of carboxylic acids is 1. The molecule has 0 aliphatic heterocycles. The van der Waals surface area contributed by atoms with E-state index in [1.54, 1.807) is 20.9 Å². The first kappa shape index (κ1) is 15.2. The highest BCUT2D eigenvalue weighted by Crippen LogP contribution is 2.23. The van der Waals surface area contributed by atoms with E-state index < -0.39 is 11.9 Å². The maximum absolute atomic E-state index is 12.3. The number of amides is 1. The second-order valence-corrected chi connectivity index (χ2v) is 5.09. The molecule has 1 rings (SSSR count). The first-order valence-corrected chi connectivity index (χ1v) is 6.20. The fourth-order valence-corrected chi connectivity index (χ4v) is 1.80. The molecule has 1 aromatic heterocycles. The summed E-state index contributed by atoms with van der Waals surface area (Å²) < 4.78 is 5.17. The van der Waals surface area contributed by atoms with Crippen molar-refractivity contribution >= 4 is 11.9 Å². The van der Waals surface area contributed by atoms with Crippen LogP contribution in [0.25, 0.3) is 0 Å². The van der Waals surface area contributed by atoms with Gasteiger partial charge in [0.15, 0.2) is 5.76 Å². The molecule has 0 aliphatic rings. The van der Waals surface area contributed by atoms with Crippen LogP contribution in [0.4, 0.5) is 0 Å². The van der Waals surface area contributed by atoms with E-state index in [1.807, 2.05) is 13.8 Å². The van der Waals surface area contributed by atoms with Crippen molar-refractivity contribution in [2.45, 2.75) is 33.6 Å². The lowest BCUT2D eigenvalue weighted by atomic mass is 10.0. The second kappa shape index (κ2) is 5.86. The topological polar surface area (TPSA) is 83.6 Å². The van der Waals surface area contributed by atoms with E-state index >= 15 is 0 Å². The molecule has 1 unspecified atom stereocenters. The van der Waals surface area contributed by atoms with Crippen molar-refractivity contribution in [3.63, 3.8) is 0 Å². The zero-order valence-corrected chi connectivity index (χ0v) is 11.9. The molecular formula is C13H20N2O4. The Balaban J connectivity index is 2.94. The van der Waals surface area contributed by atoms with Crippen LogP contribution in [0, 0.1) is 12.8 Å². The van der Waals surface area contributed by atoms with E-state index in [4.69, 9.17) is 9.63 Å². The molecule has 1 aromatic rings. The summed E-state index contributed by atoms with van der Waals surface area (Å²) in [7, 11) is 1.58. The quantitative estimate of drug-likeness (QED) is 0.881. The molecule has 0 bridgehead atoms. The van der Waals surface area contributed by atoms with Gasteiger partial charge in [-0.1, -0.05) is 25.9 Å². The first-order valence-electron chi connectivity index (χ1n) is 6.20. The predicted molar refractivity (Wildman–Crippen MR) is 69.1 cm³/mol. The number of aliphatic carboxylic acids is 1. The fraction of sp³-hybridized carbons (Fsp3) is 0.615. The van der Waals surface area contributed by atoms with Crippen LogP contribution in [0.1, 0.15) is 48.5 Å². The molecular weight excluding hydrogens is 248 g/mol. The summed E-state index contributed by atoms with van der Waals surface area (Å²) in [5.41, 5.74) is 0.971. The van der Waals surface area contributed by atoms with Gasteiger partial charge in [0, 0.05) is 19.5 Å². The van der Waals surface area contributed by atoms with E-state index in [1.165, 1.54) is 4.90 Å². The molecule has 0 radical (unpaired) electrons. The lowest BCUT2D eigenvalue weighted by Gasteiger charge is -2.19. The molecule has 1 amide bonds. The van der Waals surface area contributed by atoms with Crippen LogP contribution in [0.5, 0.6) is 0 Å². The molecule has 106 valence electrons. The van der Waals surface area contributed by atoms with Crippen LogP contribution in [0.15, 0.2) is 4.52 Å². The monoisotopic (exact) mass is 268 g/mol. The number of carbonyl (C=O) groups is 2. The smallest absolute Gasteiger partial charge is 0.308 e. The molecule has 6 heteroatoms. The van der Waals surface area contributed by atoms with Gasteiger partial charge in [-0.3, -0.25) is 9.59 Å². The zero-order valence-electron chi connectivity index (χ0n) is 11.9. The van der Waals surface area contributed by atoms with Gasteiger partial charge in [-0.05, 0) is 6.92 Å². The van der Waals surface area contributed by atoms with Crippen LogP contribution >= 0.6 is 0 Å². The highest BCUT2D eigenvalue weighted by molar-refractivity contribution is 5.96. The number of hydrogen-bond acceptors (Lipinski definition) is 4. The van der Waals surface area contributed by atoms with Crippen LogP contribution in [0.2, 0.25) is 0 Å². The van der Waals surface area contributed by atoms with Gasteiger partial charge < -0.3 is 14.5 Å². The Bertz CT molecular complexity index is 479. The normalized spacial score (nSPS) is 12.5. The Morgan fingerprint density at radius 3 is 2.42 bits per heavy atom. The van der Waals surface area contributed by atoms with E-state index in [0.717, 1.165) is 0 Å². The molecule has 0 aliphatic carbocycles. The Morgan fingerprint density at radius 1 is 1.37 bits per heavy atom. The summed E-state index contributed by atoms with van der Waals surface area (Å²) in [5.74, 6) is -1.21. The minimum Gasteiger partial charge on any atom is -0.481 e. The number of nitrogens with zero attached hydrogens (tertiary/aromatic N) is 2. The first-order chi connectivity index (χ1) is 8.75. The van der Waals surface area contributed by atoms with Crippen molar-refractivity contribution in [3.05, 3.63) is 17.0 Å². The minimum atomic E-state index is -0.925. The molecule has 0 fully saturated rings. The summed E-state index contributed by atoms with van der Waals surface area (Å²) in [6.07, 6.45) is 0. The van der Waals surface area contributed by atoms with Gasteiger partial charge in [0.1, 0.15) is 5.56 Å². The molecule has 0 spiro atoms. The minimum absolute atomic E-state index is 0.0467. The summed E-state index contributed by atoms with van der Waals surface area (Å²) in [6.45, 7) is 7.25. The molecule has 0 saturated carbocycles. The summed E-state index contributed by atoms with van der Waals surface area (Å²) in [4.78, 5) is 24.6. The van der Waals surface area contributed by atoms with E-state index in [-0.39, 0.29) is 18.4 Å². The number of carbonyl (C=O) groups excluding carboxylic acids is 1. The SMILES string of the molecule is Cc1noc(C(C)C)c1C(=O)N(C)CC(C)C(=O)O. The van der Waals surface area contributed by atoms with Crippen LogP contribution in [-0.2, 0) is 4.79 Å². The van der Waals surface area contributed by atoms with Crippen LogP contribution in [-0.4, -0.2) is 40.6 Å².